The normalized spacial score (nSPS) is 24.6. The summed E-state index contributed by atoms with van der Waals surface area (Å²) in [5, 5.41) is 2.63. The van der Waals surface area contributed by atoms with Gasteiger partial charge in [0.2, 0.25) is 5.91 Å². The number of esters is 1. The molecule has 0 spiro atoms. The molecule has 0 aliphatic heterocycles. The SMILES string of the molecule is COC(=O)[C@H](C)NC(=O)CC1CCCCC1N.Cl. The molecule has 3 atom stereocenters. The molecule has 1 amide bonds. The third kappa shape index (κ3) is 5.23. The van der Waals surface area contributed by atoms with E-state index in [0.29, 0.717) is 6.42 Å². The molecular formula is C12H23ClN2O3. The molecule has 1 aliphatic carbocycles. The largest absolute Gasteiger partial charge is 0.467 e. The first-order valence-electron chi connectivity index (χ1n) is 6.17. The van der Waals surface area contributed by atoms with E-state index in [1.807, 2.05) is 0 Å². The van der Waals surface area contributed by atoms with Crippen molar-refractivity contribution in [2.24, 2.45) is 11.7 Å². The van der Waals surface area contributed by atoms with Gasteiger partial charge in [-0.1, -0.05) is 12.8 Å². The average molecular weight is 279 g/mol. The standard InChI is InChI=1S/C12H22N2O3.ClH/c1-8(12(16)17-2)14-11(15)7-9-5-3-4-6-10(9)13;/h8-10H,3-7,13H2,1-2H3,(H,14,15);1H/t8-,9?,10?;/m0./s1. The topological polar surface area (TPSA) is 81.4 Å². The zero-order valence-electron chi connectivity index (χ0n) is 11.0. The third-order valence-corrected chi connectivity index (χ3v) is 3.35. The van der Waals surface area contributed by atoms with Gasteiger partial charge in [-0.05, 0) is 25.7 Å². The number of nitrogens with two attached hydrogens (primary N) is 1. The Morgan fingerprint density at radius 1 is 1.39 bits per heavy atom. The number of hydrogen-bond donors (Lipinski definition) is 2. The first-order valence-corrected chi connectivity index (χ1v) is 6.17. The van der Waals surface area contributed by atoms with Crippen LogP contribution in [0.15, 0.2) is 0 Å². The molecule has 18 heavy (non-hydrogen) atoms. The van der Waals surface area contributed by atoms with Crippen molar-refractivity contribution in [3.8, 4) is 0 Å². The van der Waals surface area contributed by atoms with E-state index < -0.39 is 12.0 Å². The van der Waals surface area contributed by atoms with Crippen molar-refractivity contribution >= 4 is 24.3 Å². The smallest absolute Gasteiger partial charge is 0.328 e. The molecule has 0 heterocycles. The van der Waals surface area contributed by atoms with E-state index in [4.69, 9.17) is 5.73 Å². The van der Waals surface area contributed by atoms with Crippen molar-refractivity contribution in [1.29, 1.82) is 0 Å². The highest BCUT2D eigenvalue weighted by Crippen LogP contribution is 2.25. The van der Waals surface area contributed by atoms with Gasteiger partial charge in [-0.2, -0.15) is 0 Å². The zero-order valence-corrected chi connectivity index (χ0v) is 11.8. The molecule has 0 aromatic rings. The van der Waals surface area contributed by atoms with Crippen LogP contribution in [0.25, 0.3) is 0 Å². The molecule has 0 bridgehead atoms. The maximum atomic E-state index is 11.7. The molecule has 2 unspecified atom stereocenters. The fraction of sp³-hybridized carbons (Fsp3) is 0.833. The maximum absolute atomic E-state index is 11.7. The number of hydrogen-bond acceptors (Lipinski definition) is 4. The molecule has 0 radical (unpaired) electrons. The highest BCUT2D eigenvalue weighted by Gasteiger charge is 2.25. The maximum Gasteiger partial charge on any atom is 0.328 e. The van der Waals surface area contributed by atoms with Crippen molar-refractivity contribution < 1.29 is 14.3 Å². The van der Waals surface area contributed by atoms with E-state index in [1.165, 1.54) is 7.11 Å². The fourth-order valence-electron chi connectivity index (χ4n) is 2.26. The molecule has 1 aliphatic rings. The van der Waals surface area contributed by atoms with Gasteiger partial charge in [-0.15, -0.1) is 12.4 Å². The van der Waals surface area contributed by atoms with Crippen LogP contribution in [0, 0.1) is 5.92 Å². The molecular weight excluding hydrogens is 256 g/mol. The minimum Gasteiger partial charge on any atom is -0.467 e. The van der Waals surface area contributed by atoms with Crippen LogP contribution in [0.1, 0.15) is 39.0 Å². The summed E-state index contributed by atoms with van der Waals surface area (Å²) in [5.41, 5.74) is 5.97. The number of amides is 1. The number of ether oxygens (including phenoxy) is 1. The van der Waals surface area contributed by atoms with Crippen molar-refractivity contribution in [2.45, 2.75) is 51.1 Å². The average Bonchev–Trinajstić information content (AvgIpc) is 2.31. The van der Waals surface area contributed by atoms with E-state index in [-0.39, 0.29) is 30.3 Å². The number of nitrogens with one attached hydrogen (secondary N) is 1. The molecule has 0 saturated heterocycles. The Balaban J connectivity index is 0.00000289. The summed E-state index contributed by atoms with van der Waals surface area (Å²) < 4.78 is 4.55. The molecule has 6 heteroatoms. The number of halogens is 1. The number of methoxy groups -OCH3 is 1. The van der Waals surface area contributed by atoms with Crippen LogP contribution in [0.5, 0.6) is 0 Å². The molecule has 106 valence electrons. The lowest BCUT2D eigenvalue weighted by Gasteiger charge is -2.28. The monoisotopic (exact) mass is 278 g/mol. The van der Waals surface area contributed by atoms with Gasteiger partial charge in [0.1, 0.15) is 6.04 Å². The third-order valence-electron chi connectivity index (χ3n) is 3.35. The number of carbonyl (C=O) groups excluding carboxylic acids is 2. The summed E-state index contributed by atoms with van der Waals surface area (Å²) in [6, 6.07) is -0.477. The quantitative estimate of drug-likeness (QED) is 0.752. The van der Waals surface area contributed by atoms with Crippen LogP contribution in [0.2, 0.25) is 0 Å². The van der Waals surface area contributed by atoms with Crippen molar-refractivity contribution in [3.05, 3.63) is 0 Å². The number of rotatable bonds is 4. The van der Waals surface area contributed by atoms with Gasteiger partial charge < -0.3 is 15.8 Å². The summed E-state index contributed by atoms with van der Waals surface area (Å²) in [4.78, 5) is 22.9. The van der Waals surface area contributed by atoms with Crippen LogP contribution in [-0.2, 0) is 14.3 Å². The molecule has 5 nitrogen and oxygen atoms in total. The van der Waals surface area contributed by atoms with Gasteiger partial charge >= 0.3 is 5.97 Å². The Hall–Kier alpha value is -0.810. The van der Waals surface area contributed by atoms with Crippen LogP contribution in [-0.4, -0.2) is 31.1 Å². The minimum absolute atomic E-state index is 0. The molecule has 3 N–H and O–H groups in total. The summed E-state index contributed by atoms with van der Waals surface area (Å²) in [5.74, 6) is -0.301. The highest BCUT2D eigenvalue weighted by atomic mass is 35.5. The Morgan fingerprint density at radius 3 is 2.56 bits per heavy atom. The Kier molecular flexibility index (Phi) is 7.95. The Morgan fingerprint density at radius 2 is 2.00 bits per heavy atom. The second kappa shape index (κ2) is 8.32. The van der Waals surface area contributed by atoms with Gasteiger partial charge in [-0.25, -0.2) is 4.79 Å². The second-order valence-corrected chi connectivity index (χ2v) is 4.72. The highest BCUT2D eigenvalue weighted by molar-refractivity contribution is 5.85. The zero-order chi connectivity index (χ0) is 12.8. The van der Waals surface area contributed by atoms with E-state index in [0.717, 1.165) is 25.7 Å². The van der Waals surface area contributed by atoms with Crippen molar-refractivity contribution in [3.63, 3.8) is 0 Å². The van der Waals surface area contributed by atoms with Crippen LogP contribution in [0.4, 0.5) is 0 Å². The van der Waals surface area contributed by atoms with Gasteiger partial charge in [0.25, 0.3) is 0 Å². The summed E-state index contributed by atoms with van der Waals surface area (Å²) in [6.07, 6.45) is 4.68. The molecule has 1 rings (SSSR count). The van der Waals surface area contributed by atoms with E-state index >= 15 is 0 Å². The summed E-state index contributed by atoms with van der Waals surface area (Å²) in [6.45, 7) is 1.62. The van der Waals surface area contributed by atoms with E-state index in [9.17, 15) is 9.59 Å². The minimum atomic E-state index is -0.590. The van der Waals surface area contributed by atoms with Gasteiger partial charge in [-0.3, -0.25) is 4.79 Å². The van der Waals surface area contributed by atoms with Crippen LogP contribution >= 0.6 is 12.4 Å². The van der Waals surface area contributed by atoms with E-state index in [2.05, 4.69) is 10.1 Å². The molecule has 1 saturated carbocycles. The first-order chi connectivity index (χ1) is 8.04. The number of carbonyl (C=O) groups is 2. The van der Waals surface area contributed by atoms with Gasteiger partial charge in [0.15, 0.2) is 0 Å². The second-order valence-electron chi connectivity index (χ2n) is 4.72. The van der Waals surface area contributed by atoms with E-state index in [1.54, 1.807) is 6.92 Å². The van der Waals surface area contributed by atoms with Crippen LogP contribution in [0.3, 0.4) is 0 Å². The van der Waals surface area contributed by atoms with Crippen molar-refractivity contribution in [1.82, 2.24) is 5.32 Å². The Bertz CT molecular complexity index is 286. The van der Waals surface area contributed by atoms with Crippen molar-refractivity contribution in [2.75, 3.05) is 7.11 Å². The first kappa shape index (κ1) is 17.2. The summed E-state index contributed by atoms with van der Waals surface area (Å²) >= 11 is 0. The lowest BCUT2D eigenvalue weighted by Crippen LogP contribution is -2.42. The molecule has 0 aromatic carbocycles. The van der Waals surface area contributed by atoms with Gasteiger partial charge in [0.05, 0.1) is 7.11 Å². The fourth-order valence-corrected chi connectivity index (χ4v) is 2.26. The lowest BCUT2D eigenvalue weighted by atomic mass is 9.83. The summed E-state index contributed by atoms with van der Waals surface area (Å²) in [7, 11) is 1.31. The Labute approximate surface area is 114 Å². The lowest BCUT2D eigenvalue weighted by molar-refractivity contribution is -0.144. The van der Waals surface area contributed by atoms with Crippen LogP contribution < -0.4 is 11.1 Å². The van der Waals surface area contributed by atoms with Gasteiger partial charge in [0, 0.05) is 12.5 Å². The molecule has 0 aromatic heterocycles. The molecule has 1 fully saturated rings. The predicted octanol–water partition coefficient (Wildman–Crippen LogP) is 0.993. The predicted molar refractivity (Wildman–Crippen MR) is 71.4 cm³/mol.